The molecule has 0 aliphatic rings. The van der Waals surface area contributed by atoms with Gasteiger partial charge in [0, 0.05) is 18.8 Å². The summed E-state index contributed by atoms with van der Waals surface area (Å²) in [5.74, 6) is 0.796. The Morgan fingerprint density at radius 3 is 2.39 bits per heavy atom. The Balaban J connectivity index is 2.56. The largest absolute Gasteiger partial charge is 0.444 e. The van der Waals surface area contributed by atoms with Gasteiger partial charge in [0.05, 0.1) is 0 Å². The zero-order valence-electron chi connectivity index (χ0n) is 15.6. The summed E-state index contributed by atoms with van der Waals surface area (Å²) in [4.78, 5) is 11.8. The second-order valence-electron chi connectivity index (χ2n) is 7.52. The molecule has 1 aromatic rings. The van der Waals surface area contributed by atoms with Crippen molar-refractivity contribution in [2.75, 3.05) is 18.4 Å². The zero-order chi connectivity index (χ0) is 17.6. The number of carbonyl (C=O) groups excluding carboxylic acids is 1. The van der Waals surface area contributed by atoms with Gasteiger partial charge < -0.3 is 15.4 Å². The fourth-order valence-corrected chi connectivity index (χ4v) is 2.26. The molecule has 0 bridgehead atoms. The lowest BCUT2D eigenvalue weighted by atomic mass is 9.95. The fraction of sp³-hybridized carbons (Fsp3) is 0.632. The van der Waals surface area contributed by atoms with Crippen LogP contribution in [0.5, 0.6) is 0 Å². The summed E-state index contributed by atoms with van der Waals surface area (Å²) in [5.41, 5.74) is 3.25. The summed E-state index contributed by atoms with van der Waals surface area (Å²) >= 11 is 0. The van der Waals surface area contributed by atoms with Gasteiger partial charge in [0.25, 0.3) is 0 Å². The van der Waals surface area contributed by atoms with E-state index in [1.54, 1.807) is 0 Å². The highest BCUT2D eigenvalue weighted by atomic mass is 16.6. The molecule has 0 spiro atoms. The molecule has 4 heteroatoms. The Bertz CT molecular complexity index is 519. The predicted molar refractivity (Wildman–Crippen MR) is 97.0 cm³/mol. The quantitative estimate of drug-likeness (QED) is 0.810. The molecule has 1 rings (SSSR count). The van der Waals surface area contributed by atoms with Crippen molar-refractivity contribution in [3.63, 3.8) is 0 Å². The Hall–Kier alpha value is -1.71. The zero-order valence-corrected chi connectivity index (χ0v) is 15.6. The third-order valence-corrected chi connectivity index (χ3v) is 4.01. The number of anilines is 1. The van der Waals surface area contributed by atoms with E-state index in [0.717, 1.165) is 12.2 Å². The molecule has 1 unspecified atom stereocenters. The summed E-state index contributed by atoms with van der Waals surface area (Å²) in [6.45, 7) is 15.6. The highest BCUT2D eigenvalue weighted by Crippen LogP contribution is 2.19. The number of alkyl carbamates (subject to hydrolysis) is 1. The maximum atomic E-state index is 11.8. The summed E-state index contributed by atoms with van der Waals surface area (Å²) in [7, 11) is 0. The van der Waals surface area contributed by atoms with E-state index in [-0.39, 0.29) is 6.09 Å². The van der Waals surface area contributed by atoms with Crippen LogP contribution in [-0.4, -0.2) is 24.8 Å². The van der Waals surface area contributed by atoms with Gasteiger partial charge in [-0.1, -0.05) is 26.0 Å². The minimum Gasteiger partial charge on any atom is -0.444 e. The Kier molecular flexibility index (Phi) is 6.92. The third-order valence-electron chi connectivity index (χ3n) is 4.01. The molecule has 1 aromatic carbocycles. The van der Waals surface area contributed by atoms with Gasteiger partial charge in [0.15, 0.2) is 0 Å². The second kappa shape index (κ2) is 8.23. The summed E-state index contributed by atoms with van der Waals surface area (Å²) in [6, 6.07) is 6.28. The van der Waals surface area contributed by atoms with E-state index < -0.39 is 5.60 Å². The number of aryl methyl sites for hydroxylation is 1. The SMILES string of the molecule is Cc1cccc(NCC(CNC(=O)OC(C)(C)C)C(C)C)c1C. The van der Waals surface area contributed by atoms with Crippen LogP contribution in [0, 0.1) is 25.7 Å². The monoisotopic (exact) mass is 320 g/mol. The van der Waals surface area contributed by atoms with Crippen LogP contribution in [0.4, 0.5) is 10.5 Å². The van der Waals surface area contributed by atoms with Crippen LogP contribution >= 0.6 is 0 Å². The molecule has 130 valence electrons. The van der Waals surface area contributed by atoms with E-state index in [1.807, 2.05) is 20.8 Å². The average molecular weight is 320 g/mol. The second-order valence-corrected chi connectivity index (χ2v) is 7.52. The van der Waals surface area contributed by atoms with Crippen LogP contribution in [0.2, 0.25) is 0 Å². The molecule has 0 radical (unpaired) electrons. The van der Waals surface area contributed by atoms with Gasteiger partial charge in [0.1, 0.15) is 5.60 Å². The number of nitrogens with one attached hydrogen (secondary N) is 2. The maximum Gasteiger partial charge on any atom is 0.407 e. The number of benzene rings is 1. The molecule has 0 heterocycles. The van der Waals surface area contributed by atoms with Gasteiger partial charge in [-0.15, -0.1) is 0 Å². The number of rotatable bonds is 6. The standard InChI is InChI=1S/C19H32N2O2/c1-13(2)16(12-21-18(22)23-19(5,6)7)11-20-17-10-8-9-14(3)15(17)4/h8-10,13,16,20H,11-12H2,1-7H3,(H,21,22). The molecular formula is C19H32N2O2. The van der Waals surface area contributed by atoms with Crippen molar-refractivity contribution in [1.82, 2.24) is 5.32 Å². The Morgan fingerprint density at radius 1 is 1.17 bits per heavy atom. The molecule has 0 aliphatic heterocycles. The first kappa shape index (κ1) is 19.3. The van der Waals surface area contributed by atoms with E-state index in [2.05, 4.69) is 56.5 Å². The third kappa shape index (κ3) is 6.93. The van der Waals surface area contributed by atoms with Crippen LogP contribution < -0.4 is 10.6 Å². The van der Waals surface area contributed by atoms with Crippen LogP contribution in [-0.2, 0) is 4.74 Å². The molecule has 1 atom stereocenters. The van der Waals surface area contributed by atoms with Crippen LogP contribution in [0.25, 0.3) is 0 Å². The molecule has 4 nitrogen and oxygen atoms in total. The lowest BCUT2D eigenvalue weighted by Gasteiger charge is -2.25. The Labute approximate surface area is 141 Å². The van der Waals surface area contributed by atoms with E-state index in [1.165, 1.54) is 11.1 Å². The smallest absolute Gasteiger partial charge is 0.407 e. The Morgan fingerprint density at radius 2 is 1.83 bits per heavy atom. The highest BCUT2D eigenvalue weighted by Gasteiger charge is 2.19. The number of hydrogen-bond donors (Lipinski definition) is 2. The number of hydrogen-bond acceptors (Lipinski definition) is 3. The van der Waals surface area contributed by atoms with Gasteiger partial charge in [-0.25, -0.2) is 4.79 Å². The maximum absolute atomic E-state index is 11.8. The first-order chi connectivity index (χ1) is 10.6. The topological polar surface area (TPSA) is 50.4 Å². The molecule has 23 heavy (non-hydrogen) atoms. The van der Waals surface area contributed by atoms with Gasteiger partial charge in [-0.2, -0.15) is 0 Å². The molecule has 0 fully saturated rings. The summed E-state index contributed by atoms with van der Waals surface area (Å²) in [5, 5.41) is 6.40. The average Bonchev–Trinajstić information content (AvgIpc) is 2.40. The van der Waals surface area contributed by atoms with Crippen molar-refractivity contribution < 1.29 is 9.53 Å². The van der Waals surface area contributed by atoms with E-state index in [9.17, 15) is 4.79 Å². The molecule has 0 aromatic heterocycles. The molecule has 0 saturated heterocycles. The van der Waals surface area contributed by atoms with Crippen LogP contribution in [0.15, 0.2) is 18.2 Å². The molecule has 1 amide bonds. The van der Waals surface area contributed by atoms with Crippen molar-refractivity contribution in [2.24, 2.45) is 11.8 Å². The van der Waals surface area contributed by atoms with Crippen LogP contribution in [0.1, 0.15) is 45.7 Å². The fourth-order valence-electron chi connectivity index (χ4n) is 2.26. The van der Waals surface area contributed by atoms with Crippen molar-refractivity contribution in [3.05, 3.63) is 29.3 Å². The summed E-state index contributed by atoms with van der Waals surface area (Å²) < 4.78 is 5.30. The van der Waals surface area contributed by atoms with Gasteiger partial charge in [-0.3, -0.25) is 0 Å². The molecular weight excluding hydrogens is 288 g/mol. The van der Waals surface area contributed by atoms with E-state index in [4.69, 9.17) is 4.74 Å². The lowest BCUT2D eigenvalue weighted by Crippen LogP contribution is -2.38. The predicted octanol–water partition coefficient (Wildman–Crippen LogP) is 4.51. The first-order valence-corrected chi connectivity index (χ1v) is 8.37. The number of carbonyl (C=O) groups is 1. The molecule has 0 saturated carbocycles. The number of amides is 1. The van der Waals surface area contributed by atoms with E-state index in [0.29, 0.717) is 18.4 Å². The van der Waals surface area contributed by atoms with Crippen molar-refractivity contribution in [3.8, 4) is 0 Å². The van der Waals surface area contributed by atoms with Gasteiger partial charge in [0.2, 0.25) is 0 Å². The normalized spacial score (nSPS) is 12.9. The molecule has 2 N–H and O–H groups in total. The van der Waals surface area contributed by atoms with E-state index >= 15 is 0 Å². The van der Waals surface area contributed by atoms with Gasteiger partial charge >= 0.3 is 6.09 Å². The minimum atomic E-state index is -0.464. The van der Waals surface area contributed by atoms with Gasteiger partial charge in [-0.05, 0) is 63.6 Å². The highest BCUT2D eigenvalue weighted by molar-refractivity contribution is 5.67. The first-order valence-electron chi connectivity index (χ1n) is 8.37. The van der Waals surface area contributed by atoms with Crippen molar-refractivity contribution in [1.29, 1.82) is 0 Å². The van der Waals surface area contributed by atoms with Crippen LogP contribution in [0.3, 0.4) is 0 Å². The summed E-state index contributed by atoms with van der Waals surface area (Å²) in [6.07, 6.45) is -0.352. The lowest BCUT2D eigenvalue weighted by molar-refractivity contribution is 0.0516. The molecule has 0 aliphatic carbocycles. The minimum absolute atomic E-state index is 0.336. The van der Waals surface area contributed by atoms with Crippen molar-refractivity contribution >= 4 is 11.8 Å². The van der Waals surface area contributed by atoms with Crippen molar-refractivity contribution in [2.45, 2.75) is 54.1 Å². The number of ether oxygens (including phenoxy) is 1.